The molecular formula is C46H59N3O5. The Kier molecular flexibility index (Phi) is 11.5. The minimum atomic E-state index is -0.301. The number of aliphatic imine (C=N–C) groups is 1. The van der Waals surface area contributed by atoms with E-state index in [0.29, 0.717) is 37.4 Å². The van der Waals surface area contributed by atoms with Crippen molar-refractivity contribution in [2.24, 2.45) is 39.6 Å². The molecule has 4 bridgehead atoms. The fourth-order valence-electron chi connectivity index (χ4n) is 11.1. The maximum absolute atomic E-state index is 13.2. The van der Waals surface area contributed by atoms with Gasteiger partial charge in [0, 0.05) is 42.9 Å². The summed E-state index contributed by atoms with van der Waals surface area (Å²) >= 11 is 0. The third-order valence-electron chi connectivity index (χ3n) is 13.2. The number of carbonyl (C=O) groups excluding carboxylic acids is 1. The molecule has 8 heteroatoms. The molecule has 0 amide bonds. The van der Waals surface area contributed by atoms with Crippen LogP contribution in [-0.4, -0.2) is 47.3 Å². The summed E-state index contributed by atoms with van der Waals surface area (Å²) in [6.45, 7) is 4.46. The Hall–Kier alpha value is -4.22. The molecular weight excluding hydrogens is 675 g/mol. The molecule has 8 nitrogen and oxygen atoms in total. The molecule has 0 heterocycles. The number of carbonyl (C=O) groups is 1. The van der Waals surface area contributed by atoms with E-state index in [1.54, 1.807) is 12.1 Å². The van der Waals surface area contributed by atoms with Crippen molar-refractivity contribution in [3.63, 3.8) is 0 Å². The van der Waals surface area contributed by atoms with Crippen LogP contribution < -0.4 is 16.2 Å². The first kappa shape index (κ1) is 38.1. The number of hydrogen-bond donors (Lipinski definition) is 4. The number of methoxy groups -OCH3 is 1. The van der Waals surface area contributed by atoms with Gasteiger partial charge < -0.3 is 31.2 Å². The van der Waals surface area contributed by atoms with Crippen molar-refractivity contribution in [2.75, 3.05) is 7.11 Å². The lowest BCUT2D eigenvalue weighted by Gasteiger charge is -2.62. The molecule has 0 saturated heterocycles. The van der Waals surface area contributed by atoms with Crippen LogP contribution in [0, 0.1) is 35.0 Å². The van der Waals surface area contributed by atoms with Crippen LogP contribution in [0.1, 0.15) is 131 Å². The fourth-order valence-corrected chi connectivity index (χ4v) is 11.1. The molecule has 3 saturated carbocycles. The first-order valence-corrected chi connectivity index (χ1v) is 20.5. The molecule has 3 fully saturated rings. The number of benzene rings is 2. The van der Waals surface area contributed by atoms with E-state index in [-0.39, 0.29) is 70.6 Å². The van der Waals surface area contributed by atoms with E-state index in [9.17, 15) is 15.0 Å². The van der Waals surface area contributed by atoms with Gasteiger partial charge in [0.2, 0.25) is 0 Å². The standard InChI is InChI=1S/C46H59N3O5/c1-4-5-6-13-33(50)19-18-30-26-40(54-35-15-7-8-16-35)44(52)42-36(30)17-10-12-32(49-45(47)48)23-31-25-38-37(29-11-9-14-34(51)24-29)22-28(2)27-46(38)21-20-39(53-3)41(31)43(42)46/h6,9,11,13-14,24-26,28,31-32,35,37,39,41,43,51-52H,4-5,7-8,12,15-16,18-23,27H2,1-3H3,(H4,47,48,49)/t28-,31?,32-,37-,39-,41-,43+,46-/m1/s1. The van der Waals surface area contributed by atoms with Gasteiger partial charge in [-0.3, -0.25) is 4.79 Å². The normalized spacial score (nSPS) is 30.4. The van der Waals surface area contributed by atoms with Gasteiger partial charge in [-0.2, -0.15) is 0 Å². The summed E-state index contributed by atoms with van der Waals surface area (Å²) in [6, 6.07) is 9.50. The predicted octanol–water partition coefficient (Wildman–Crippen LogP) is 8.33. The van der Waals surface area contributed by atoms with Crippen LogP contribution in [0.4, 0.5) is 0 Å². The van der Waals surface area contributed by atoms with Crippen molar-refractivity contribution >= 4 is 11.7 Å². The number of nitrogens with zero attached hydrogens (tertiary/aromatic N) is 1. The lowest BCUT2D eigenvalue weighted by Crippen LogP contribution is -2.54. The largest absolute Gasteiger partial charge is 0.508 e. The van der Waals surface area contributed by atoms with E-state index in [2.05, 4.69) is 37.8 Å². The highest BCUT2D eigenvalue weighted by Gasteiger charge is 2.61. The molecule has 2 aromatic carbocycles. The molecule has 0 radical (unpaired) electrons. The highest BCUT2D eigenvalue weighted by molar-refractivity contribution is 5.89. The van der Waals surface area contributed by atoms with Crippen molar-refractivity contribution in [3.8, 4) is 29.1 Å². The van der Waals surface area contributed by atoms with Gasteiger partial charge in [0.25, 0.3) is 0 Å². The third-order valence-corrected chi connectivity index (χ3v) is 13.2. The zero-order valence-electron chi connectivity index (χ0n) is 32.4. The number of guanidine groups is 1. The second-order valence-corrected chi connectivity index (χ2v) is 16.8. The first-order chi connectivity index (χ1) is 26.1. The van der Waals surface area contributed by atoms with Crippen LogP contribution >= 0.6 is 0 Å². The van der Waals surface area contributed by atoms with Crippen LogP contribution in [0.5, 0.6) is 17.2 Å². The third kappa shape index (κ3) is 7.54. The molecule has 8 atom stereocenters. The van der Waals surface area contributed by atoms with Gasteiger partial charge in [0.1, 0.15) is 5.75 Å². The SMILES string of the molecule is CCCC=CC(=O)CCc1cc(OC2CCCC2)c(O)c2c1C#CC[C@@H](N=C(N)N)CC1C=C3[C@@H](c4cccc(O)c4)C[C@@H](C)C[C@]34CC[C@@H](OC)[C@@H]1[C@@H]24. The van der Waals surface area contributed by atoms with Gasteiger partial charge in [0.15, 0.2) is 23.2 Å². The van der Waals surface area contributed by atoms with E-state index < -0.39 is 0 Å². The van der Waals surface area contributed by atoms with Gasteiger partial charge in [-0.25, -0.2) is 4.99 Å². The predicted molar refractivity (Wildman–Crippen MR) is 214 cm³/mol. The highest BCUT2D eigenvalue weighted by atomic mass is 16.5. The molecule has 2 aromatic rings. The number of unbranched alkanes of at least 4 members (excludes halogenated alkanes) is 1. The fraction of sp³-hybridized carbons (Fsp3) is 0.565. The number of aryl methyl sites for hydroxylation is 1. The Morgan fingerprint density at radius 2 is 1.94 bits per heavy atom. The lowest BCUT2D eigenvalue weighted by atomic mass is 9.43. The van der Waals surface area contributed by atoms with Crippen LogP contribution in [0.3, 0.4) is 0 Å². The molecule has 1 spiro atoms. The monoisotopic (exact) mass is 733 g/mol. The minimum absolute atomic E-state index is 0.0112. The number of hydrogen-bond acceptors (Lipinski definition) is 6. The van der Waals surface area contributed by atoms with Crippen molar-refractivity contribution in [2.45, 2.75) is 134 Å². The van der Waals surface area contributed by atoms with Crippen LogP contribution in [0.15, 0.2) is 59.1 Å². The van der Waals surface area contributed by atoms with Gasteiger partial charge in [-0.15, -0.1) is 0 Å². The van der Waals surface area contributed by atoms with E-state index in [4.69, 9.17) is 25.9 Å². The van der Waals surface area contributed by atoms with Crippen LogP contribution in [0.25, 0.3) is 0 Å². The molecule has 6 N–H and O–H groups in total. The Bertz CT molecular complexity index is 1860. The maximum Gasteiger partial charge on any atom is 0.186 e. The van der Waals surface area contributed by atoms with E-state index >= 15 is 0 Å². The maximum atomic E-state index is 13.2. The number of allylic oxidation sites excluding steroid dienone is 4. The Morgan fingerprint density at radius 3 is 2.69 bits per heavy atom. The van der Waals surface area contributed by atoms with Gasteiger partial charge in [-0.05, 0) is 129 Å². The number of phenolic OH excluding ortho intramolecular Hbond substituents is 2. The van der Waals surface area contributed by atoms with E-state index in [0.717, 1.165) is 86.5 Å². The molecule has 1 unspecified atom stereocenters. The average molecular weight is 734 g/mol. The number of rotatable bonds is 11. The number of fused-ring (bicyclic) bond motifs is 1. The Morgan fingerprint density at radius 1 is 1.13 bits per heavy atom. The van der Waals surface area contributed by atoms with Gasteiger partial charge in [0.05, 0.1) is 18.2 Å². The summed E-state index contributed by atoms with van der Waals surface area (Å²) < 4.78 is 13.2. The molecule has 54 heavy (non-hydrogen) atoms. The van der Waals surface area contributed by atoms with Crippen LogP contribution in [-0.2, 0) is 16.0 Å². The molecule has 7 rings (SSSR count). The number of nitrogens with two attached hydrogens (primary N) is 2. The zero-order chi connectivity index (χ0) is 38.0. The van der Waals surface area contributed by atoms with Crippen molar-refractivity contribution in [1.82, 2.24) is 0 Å². The molecule has 288 valence electrons. The quantitative estimate of drug-likeness (QED) is 0.0599. The Balaban J connectivity index is 1.49. The average Bonchev–Trinajstić information content (AvgIpc) is 3.65. The van der Waals surface area contributed by atoms with Crippen molar-refractivity contribution < 1.29 is 24.5 Å². The molecule has 0 aromatic heterocycles. The minimum Gasteiger partial charge on any atom is -0.508 e. The second-order valence-electron chi connectivity index (χ2n) is 16.8. The van der Waals surface area contributed by atoms with Crippen molar-refractivity contribution in [1.29, 1.82) is 0 Å². The topological polar surface area (TPSA) is 140 Å². The smallest absolute Gasteiger partial charge is 0.186 e. The number of ketones is 1. The summed E-state index contributed by atoms with van der Waals surface area (Å²) in [7, 11) is 1.82. The zero-order valence-corrected chi connectivity index (χ0v) is 32.4. The second kappa shape index (κ2) is 16.3. The highest BCUT2D eigenvalue weighted by Crippen LogP contribution is 2.70. The summed E-state index contributed by atoms with van der Waals surface area (Å²) in [6.07, 6.45) is 17.8. The van der Waals surface area contributed by atoms with E-state index in [1.807, 2.05) is 31.4 Å². The summed E-state index contributed by atoms with van der Waals surface area (Å²) in [5.41, 5.74) is 16.9. The Labute approximate surface area is 321 Å². The van der Waals surface area contributed by atoms with Gasteiger partial charge in [-0.1, -0.05) is 62.0 Å². The number of phenols is 2. The number of aromatic hydroxyl groups is 2. The molecule has 5 aliphatic rings. The van der Waals surface area contributed by atoms with E-state index in [1.165, 1.54) is 5.57 Å². The first-order valence-electron chi connectivity index (χ1n) is 20.5. The summed E-state index contributed by atoms with van der Waals surface area (Å²) in [5.74, 6) is 8.51. The molecule has 0 aliphatic heterocycles. The van der Waals surface area contributed by atoms with Crippen molar-refractivity contribution in [3.05, 3.63) is 76.4 Å². The summed E-state index contributed by atoms with van der Waals surface area (Å²) in [4.78, 5) is 17.9. The molecule has 5 aliphatic carbocycles. The summed E-state index contributed by atoms with van der Waals surface area (Å²) in [5, 5.41) is 23.5. The lowest BCUT2D eigenvalue weighted by molar-refractivity contribution is -0.114. The number of ether oxygens (including phenoxy) is 2. The van der Waals surface area contributed by atoms with Crippen LogP contribution in [0.2, 0.25) is 0 Å². The van der Waals surface area contributed by atoms with Gasteiger partial charge >= 0.3 is 0 Å².